The minimum absolute atomic E-state index is 1.20. The Hall–Kier alpha value is -2.00. The number of hydrogen-bond donors (Lipinski definition) is 1. The number of hydrogen-bond acceptors (Lipinski definition) is 2. The molecule has 0 aliphatic carbocycles. The maximum atomic E-state index is 3.60. The van der Waals surface area contributed by atoms with Gasteiger partial charge in [0.05, 0.1) is 16.8 Å². The van der Waals surface area contributed by atoms with Gasteiger partial charge in [-0.1, -0.05) is 30.0 Å². The van der Waals surface area contributed by atoms with Crippen LogP contribution in [0.2, 0.25) is 0 Å². The molecule has 2 aromatic carbocycles. The highest BCUT2D eigenvalue weighted by molar-refractivity contribution is 7.99. The van der Waals surface area contributed by atoms with E-state index in [1.807, 2.05) is 11.8 Å². The molecule has 1 N–H and O–H groups in total. The lowest BCUT2D eigenvalue weighted by atomic mass is 10.1. The summed E-state index contributed by atoms with van der Waals surface area (Å²) in [6.45, 7) is 2.14. The largest absolute Gasteiger partial charge is 0.353 e. The van der Waals surface area contributed by atoms with E-state index in [1.165, 1.54) is 37.6 Å². The first kappa shape index (κ1) is 11.8. The van der Waals surface area contributed by atoms with Crippen LogP contribution in [0.4, 0.5) is 11.4 Å². The van der Waals surface area contributed by atoms with Crippen molar-refractivity contribution >= 4 is 34.0 Å². The van der Waals surface area contributed by atoms with Crippen molar-refractivity contribution in [3.05, 3.63) is 54.2 Å². The van der Waals surface area contributed by atoms with Crippen molar-refractivity contribution in [2.45, 2.75) is 16.7 Å². The van der Waals surface area contributed by atoms with Crippen LogP contribution in [-0.2, 0) is 7.05 Å². The lowest BCUT2D eigenvalue weighted by Crippen LogP contribution is -2.29. The number of aromatic nitrogens is 1. The Kier molecular flexibility index (Phi) is 2.51. The first-order valence-corrected chi connectivity index (χ1v) is 7.51. The normalized spacial score (nSPS) is 12.7. The van der Waals surface area contributed by atoms with Gasteiger partial charge in [0.2, 0.25) is 5.52 Å². The fraction of sp³-hybridized carbons (Fsp3) is 0.118. The molecular weight excluding hydrogens is 264 g/mol. The molecule has 2 heterocycles. The molecule has 0 unspecified atom stereocenters. The molecule has 0 fully saturated rings. The van der Waals surface area contributed by atoms with E-state index in [0.717, 1.165) is 0 Å². The highest BCUT2D eigenvalue weighted by atomic mass is 32.2. The number of rotatable bonds is 0. The van der Waals surface area contributed by atoms with Gasteiger partial charge in [-0.25, -0.2) is 0 Å². The van der Waals surface area contributed by atoms with Gasteiger partial charge in [0.25, 0.3) is 0 Å². The van der Waals surface area contributed by atoms with Crippen LogP contribution in [-0.4, -0.2) is 0 Å². The number of fused-ring (bicyclic) bond motifs is 4. The summed E-state index contributed by atoms with van der Waals surface area (Å²) in [5.41, 5.74) is 4.97. The second-order valence-electron chi connectivity index (χ2n) is 5.22. The topological polar surface area (TPSA) is 15.9 Å². The number of nitrogens with one attached hydrogen (secondary N) is 1. The van der Waals surface area contributed by atoms with Crippen molar-refractivity contribution in [1.29, 1.82) is 0 Å². The van der Waals surface area contributed by atoms with E-state index in [4.69, 9.17) is 0 Å². The summed E-state index contributed by atoms with van der Waals surface area (Å²) in [5.74, 6) is 0. The van der Waals surface area contributed by atoms with Crippen LogP contribution in [0.3, 0.4) is 0 Å². The molecule has 0 atom stereocenters. The van der Waals surface area contributed by atoms with E-state index < -0.39 is 0 Å². The van der Waals surface area contributed by atoms with Crippen LogP contribution in [0.15, 0.2) is 58.5 Å². The lowest BCUT2D eigenvalue weighted by molar-refractivity contribution is -0.646. The summed E-state index contributed by atoms with van der Waals surface area (Å²) in [5, 5.41) is 4.87. The van der Waals surface area contributed by atoms with Crippen molar-refractivity contribution in [3.63, 3.8) is 0 Å². The maximum Gasteiger partial charge on any atom is 0.214 e. The van der Waals surface area contributed by atoms with Crippen molar-refractivity contribution in [1.82, 2.24) is 0 Å². The number of para-hydroxylation sites is 1. The van der Waals surface area contributed by atoms with Crippen LogP contribution in [0.25, 0.3) is 10.9 Å². The lowest BCUT2D eigenvalue weighted by Gasteiger charge is -2.21. The predicted octanol–water partition coefficient (Wildman–Crippen LogP) is 4.18. The Morgan fingerprint density at radius 3 is 2.80 bits per heavy atom. The molecule has 3 aromatic rings. The SMILES string of the molecule is Cc1ccc2c(c1)Sc1c[n+](C)c3ccccc3c1N2. The van der Waals surface area contributed by atoms with Crippen molar-refractivity contribution in [2.24, 2.45) is 7.05 Å². The van der Waals surface area contributed by atoms with E-state index >= 15 is 0 Å². The van der Waals surface area contributed by atoms with E-state index in [-0.39, 0.29) is 0 Å². The third kappa shape index (κ3) is 1.70. The molecule has 0 spiro atoms. The number of pyridine rings is 1. The summed E-state index contributed by atoms with van der Waals surface area (Å²) >= 11 is 1.84. The third-order valence-electron chi connectivity index (χ3n) is 3.73. The summed E-state index contributed by atoms with van der Waals surface area (Å²) in [6.07, 6.45) is 2.21. The van der Waals surface area contributed by atoms with E-state index in [2.05, 4.69) is 72.5 Å². The zero-order valence-electron chi connectivity index (χ0n) is 11.5. The Bertz CT molecular complexity index is 840. The van der Waals surface area contributed by atoms with Gasteiger partial charge in [-0.15, -0.1) is 0 Å². The van der Waals surface area contributed by atoms with Gasteiger partial charge in [-0.2, -0.15) is 4.57 Å². The Balaban J connectivity index is 1.98. The first-order chi connectivity index (χ1) is 9.72. The summed E-state index contributed by atoms with van der Waals surface area (Å²) in [6, 6.07) is 15.1. The molecule has 0 radical (unpaired) electrons. The zero-order chi connectivity index (χ0) is 13.7. The zero-order valence-corrected chi connectivity index (χ0v) is 12.3. The van der Waals surface area contributed by atoms with Crippen LogP contribution in [0, 0.1) is 6.92 Å². The van der Waals surface area contributed by atoms with E-state index in [1.54, 1.807) is 0 Å². The van der Waals surface area contributed by atoms with Crippen molar-refractivity contribution < 1.29 is 4.57 Å². The molecule has 0 bridgehead atoms. The third-order valence-corrected chi connectivity index (χ3v) is 4.81. The van der Waals surface area contributed by atoms with Gasteiger partial charge in [0, 0.05) is 11.0 Å². The van der Waals surface area contributed by atoms with Crippen molar-refractivity contribution in [2.75, 3.05) is 5.32 Å². The van der Waals surface area contributed by atoms with Crippen LogP contribution < -0.4 is 9.88 Å². The number of benzene rings is 2. The van der Waals surface area contributed by atoms with E-state index in [0.29, 0.717) is 0 Å². The monoisotopic (exact) mass is 279 g/mol. The highest BCUT2D eigenvalue weighted by Crippen LogP contribution is 2.46. The van der Waals surface area contributed by atoms with E-state index in [9.17, 15) is 0 Å². The molecule has 0 saturated carbocycles. The van der Waals surface area contributed by atoms with Gasteiger partial charge < -0.3 is 5.32 Å². The average Bonchev–Trinajstić information content (AvgIpc) is 2.46. The van der Waals surface area contributed by atoms with Gasteiger partial charge in [0.15, 0.2) is 6.20 Å². The van der Waals surface area contributed by atoms with Crippen LogP contribution >= 0.6 is 11.8 Å². The molecule has 0 amide bonds. The smallest absolute Gasteiger partial charge is 0.214 e. The van der Waals surface area contributed by atoms with Gasteiger partial charge in [-0.3, -0.25) is 0 Å². The molecule has 1 aliphatic rings. The molecule has 98 valence electrons. The standard InChI is InChI=1S/C17H14N2S/c1-11-7-8-13-15(9-11)20-16-10-19(2)14-6-4-3-5-12(14)17(16)18-13/h3-10H,1-2H3/p+1. The molecule has 1 aliphatic heterocycles. The molecule has 0 saturated heterocycles. The van der Waals surface area contributed by atoms with Crippen LogP contribution in [0.1, 0.15) is 5.56 Å². The fourth-order valence-electron chi connectivity index (χ4n) is 2.71. The second-order valence-corrected chi connectivity index (χ2v) is 6.31. The number of aryl methyl sites for hydroxylation is 2. The molecule has 20 heavy (non-hydrogen) atoms. The minimum atomic E-state index is 1.20. The minimum Gasteiger partial charge on any atom is -0.353 e. The predicted molar refractivity (Wildman–Crippen MR) is 83.7 cm³/mol. The Morgan fingerprint density at radius 2 is 1.90 bits per heavy atom. The Morgan fingerprint density at radius 1 is 1.05 bits per heavy atom. The van der Waals surface area contributed by atoms with Gasteiger partial charge in [-0.05, 0) is 30.7 Å². The van der Waals surface area contributed by atoms with Crippen LogP contribution in [0.5, 0.6) is 0 Å². The fourth-order valence-corrected chi connectivity index (χ4v) is 3.90. The van der Waals surface area contributed by atoms with Crippen molar-refractivity contribution in [3.8, 4) is 0 Å². The maximum absolute atomic E-state index is 3.60. The summed E-state index contributed by atoms with van der Waals surface area (Å²) in [4.78, 5) is 2.58. The van der Waals surface area contributed by atoms with Gasteiger partial charge in [0.1, 0.15) is 11.9 Å². The molecular formula is C17H15N2S+. The molecule has 2 nitrogen and oxygen atoms in total. The van der Waals surface area contributed by atoms with Gasteiger partial charge >= 0.3 is 0 Å². The summed E-state index contributed by atoms with van der Waals surface area (Å²) in [7, 11) is 2.11. The Labute approximate surface area is 122 Å². The molecule has 3 heteroatoms. The number of nitrogens with zero attached hydrogens (tertiary/aromatic N) is 1. The highest BCUT2D eigenvalue weighted by Gasteiger charge is 2.22. The number of anilines is 2. The average molecular weight is 279 g/mol. The first-order valence-electron chi connectivity index (χ1n) is 6.69. The quantitative estimate of drug-likeness (QED) is 0.486. The molecule has 4 rings (SSSR count). The summed E-state index contributed by atoms with van der Waals surface area (Å²) < 4.78 is 2.20. The molecule has 1 aromatic heterocycles. The second kappa shape index (κ2) is 4.25.